The van der Waals surface area contributed by atoms with Crippen molar-refractivity contribution >= 4 is 21.7 Å². The van der Waals surface area contributed by atoms with Crippen molar-refractivity contribution < 1.29 is 13.2 Å². The van der Waals surface area contributed by atoms with Crippen LogP contribution in [0.5, 0.6) is 5.75 Å². The Hall–Kier alpha value is -1.61. The van der Waals surface area contributed by atoms with E-state index >= 15 is 0 Å². The molecule has 0 aliphatic rings. The first kappa shape index (κ1) is 14.5. The highest BCUT2D eigenvalue weighted by molar-refractivity contribution is 7.88. The SMILES string of the molecule is COc1c(N)ncnc1NCCCNS(C)(=O)=O. The minimum Gasteiger partial charge on any atom is -0.490 e. The molecule has 1 heterocycles. The van der Waals surface area contributed by atoms with Crippen LogP contribution in [0.2, 0.25) is 0 Å². The molecule has 9 heteroatoms. The summed E-state index contributed by atoms with van der Waals surface area (Å²) in [6.07, 6.45) is 3.06. The maximum absolute atomic E-state index is 10.8. The molecule has 0 saturated heterocycles. The lowest BCUT2D eigenvalue weighted by atomic mass is 10.4. The quantitative estimate of drug-likeness (QED) is 0.569. The van der Waals surface area contributed by atoms with Crippen LogP contribution in [0.4, 0.5) is 11.6 Å². The summed E-state index contributed by atoms with van der Waals surface area (Å²) in [6.45, 7) is 0.893. The number of sulfonamides is 1. The molecular weight excluding hydrogens is 258 g/mol. The Morgan fingerprint density at radius 2 is 2.11 bits per heavy atom. The standard InChI is InChI=1S/C9H17N5O3S/c1-17-7-8(10)12-6-13-9(7)11-4-3-5-14-18(2,15)16/h6,14H,3-5H2,1-2H3,(H3,10,11,12,13). The van der Waals surface area contributed by atoms with Gasteiger partial charge >= 0.3 is 0 Å². The maximum Gasteiger partial charge on any atom is 0.208 e. The molecule has 0 aliphatic carbocycles. The average molecular weight is 275 g/mol. The Kier molecular flexibility index (Phi) is 5.10. The van der Waals surface area contributed by atoms with E-state index in [-0.39, 0.29) is 5.82 Å². The van der Waals surface area contributed by atoms with Gasteiger partial charge in [0.1, 0.15) is 6.33 Å². The molecule has 0 bridgehead atoms. The summed E-state index contributed by atoms with van der Waals surface area (Å²) in [7, 11) is -1.66. The Labute approximate surface area is 106 Å². The number of rotatable bonds is 7. The second-order valence-electron chi connectivity index (χ2n) is 3.59. The first-order chi connectivity index (χ1) is 8.44. The molecule has 102 valence electrons. The lowest BCUT2D eigenvalue weighted by molar-refractivity contribution is 0.415. The van der Waals surface area contributed by atoms with Gasteiger partial charge in [-0.2, -0.15) is 0 Å². The van der Waals surface area contributed by atoms with Gasteiger partial charge in [0, 0.05) is 13.1 Å². The molecule has 8 nitrogen and oxygen atoms in total. The molecule has 0 aromatic carbocycles. The average Bonchev–Trinajstić information content (AvgIpc) is 2.27. The van der Waals surface area contributed by atoms with Crippen molar-refractivity contribution in [3.05, 3.63) is 6.33 Å². The van der Waals surface area contributed by atoms with Crippen molar-refractivity contribution in [2.75, 3.05) is 37.5 Å². The molecule has 0 unspecified atom stereocenters. The Bertz CT molecular complexity index is 491. The lowest BCUT2D eigenvalue weighted by Gasteiger charge is -2.10. The fourth-order valence-corrected chi connectivity index (χ4v) is 1.78. The van der Waals surface area contributed by atoms with Gasteiger partial charge in [-0.15, -0.1) is 0 Å². The normalized spacial score (nSPS) is 11.2. The van der Waals surface area contributed by atoms with Crippen LogP contribution < -0.4 is 20.5 Å². The monoisotopic (exact) mass is 275 g/mol. The predicted octanol–water partition coefficient (Wildman–Crippen LogP) is -0.581. The fraction of sp³-hybridized carbons (Fsp3) is 0.556. The van der Waals surface area contributed by atoms with Gasteiger partial charge in [0.15, 0.2) is 11.6 Å². The molecule has 0 spiro atoms. The van der Waals surface area contributed by atoms with E-state index in [0.29, 0.717) is 31.1 Å². The van der Waals surface area contributed by atoms with E-state index in [1.807, 2.05) is 0 Å². The van der Waals surface area contributed by atoms with Crippen LogP contribution in [0.25, 0.3) is 0 Å². The van der Waals surface area contributed by atoms with Crippen molar-refractivity contribution in [1.29, 1.82) is 0 Å². The second kappa shape index (κ2) is 6.36. The molecule has 0 atom stereocenters. The minimum atomic E-state index is -3.14. The van der Waals surface area contributed by atoms with E-state index in [1.165, 1.54) is 13.4 Å². The molecular formula is C9H17N5O3S. The topological polar surface area (TPSA) is 119 Å². The van der Waals surface area contributed by atoms with Gasteiger partial charge in [-0.05, 0) is 6.42 Å². The highest BCUT2D eigenvalue weighted by Gasteiger charge is 2.08. The minimum absolute atomic E-state index is 0.254. The molecule has 0 fully saturated rings. The zero-order valence-corrected chi connectivity index (χ0v) is 11.1. The third kappa shape index (κ3) is 4.72. The zero-order valence-electron chi connectivity index (χ0n) is 10.3. The lowest BCUT2D eigenvalue weighted by Crippen LogP contribution is -2.24. The number of ether oxygens (including phenoxy) is 1. The van der Waals surface area contributed by atoms with Gasteiger partial charge in [-0.1, -0.05) is 0 Å². The summed E-state index contributed by atoms with van der Waals surface area (Å²) >= 11 is 0. The molecule has 18 heavy (non-hydrogen) atoms. The zero-order chi connectivity index (χ0) is 13.6. The van der Waals surface area contributed by atoms with Crippen LogP contribution in [0.15, 0.2) is 6.33 Å². The van der Waals surface area contributed by atoms with Crippen molar-refractivity contribution in [3.63, 3.8) is 0 Å². The van der Waals surface area contributed by atoms with Crippen molar-refractivity contribution in [2.45, 2.75) is 6.42 Å². The number of anilines is 2. The first-order valence-electron chi connectivity index (χ1n) is 5.27. The van der Waals surface area contributed by atoms with Crippen LogP contribution in [-0.4, -0.2) is 44.8 Å². The van der Waals surface area contributed by atoms with Gasteiger partial charge in [-0.3, -0.25) is 0 Å². The van der Waals surface area contributed by atoms with Crippen LogP contribution >= 0.6 is 0 Å². The Morgan fingerprint density at radius 3 is 2.72 bits per heavy atom. The molecule has 0 radical (unpaired) electrons. The highest BCUT2D eigenvalue weighted by Crippen LogP contribution is 2.25. The summed E-state index contributed by atoms with van der Waals surface area (Å²) < 4.78 is 29.1. The van der Waals surface area contributed by atoms with E-state index < -0.39 is 10.0 Å². The van der Waals surface area contributed by atoms with Gasteiger partial charge in [0.2, 0.25) is 15.8 Å². The summed E-state index contributed by atoms with van der Waals surface area (Å²) in [5.74, 6) is 1.13. The smallest absolute Gasteiger partial charge is 0.208 e. The van der Waals surface area contributed by atoms with E-state index in [9.17, 15) is 8.42 Å². The summed E-state index contributed by atoms with van der Waals surface area (Å²) in [5, 5.41) is 3.00. The molecule has 0 aliphatic heterocycles. The first-order valence-corrected chi connectivity index (χ1v) is 7.16. The number of nitrogen functional groups attached to an aromatic ring is 1. The molecule has 1 aromatic heterocycles. The Morgan fingerprint density at radius 1 is 1.39 bits per heavy atom. The van der Waals surface area contributed by atoms with Gasteiger partial charge in [0.05, 0.1) is 13.4 Å². The van der Waals surface area contributed by atoms with E-state index in [4.69, 9.17) is 10.5 Å². The summed E-state index contributed by atoms with van der Waals surface area (Å²) in [5.41, 5.74) is 5.61. The van der Waals surface area contributed by atoms with Crippen molar-refractivity contribution in [3.8, 4) is 5.75 Å². The third-order valence-electron chi connectivity index (χ3n) is 2.05. The van der Waals surface area contributed by atoms with Gasteiger partial charge in [0.25, 0.3) is 0 Å². The summed E-state index contributed by atoms with van der Waals surface area (Å²) in [4.78, 5) is 7.79. The molecule has 0 saturated carbocycles. The van der Waals surface area contributed by atoms with Crippen molar-refractivity contribution in [2.24, 2.45) is 0 Å². The fourth-order valence-electron chi connectivity index (χ4n) is 1.27. The van der Waals surface area contributed by atoms with Gasteiger partial charge < -0.3 is 15.8 Å². The molecule has 4 N–H and O–H groups in total. The van der Waals surface area contributed by atoms with E-state index in [1.54, 1.807) is 0 Å². The number of methoxy groups -OCH3 is 1. The summed E-state index contributed by atoms with van der Waals surface area (Å²) in [6, 6.07) is 0. The Balaban J connectivity index is 2.42. The largest absolute Gasteiger partial charge is 0.490 e. The van der Waals surface area contributed by atoms with Gasteiger partial charge in [-0.25, -0.2) is 23.1 Å². The van der Waals surface area contributed by atoms with E-state index in [0.717, 1.165) is 6.26 Å². The maximum atomic E-state index is 10.8. The molecule has 1 rings (SSSR count). The van der Waals surface area contributed by atoms with Crippen molar-refractivity contribution in [1.82, 2.24) is 14.7 Å². The number of hydrogen-bond acceptors (Lipinski definition) is 7. The molecule has 1 aromatic rings. The third-order valence-corrected chi connectivity index (χ3v) is 2.77. The van der Waals surface area contributed by atoms with Crippen LogP contribution in [0.3, 0.4) is 0 Å². The highest BCUT2D eigenvalue weighted by atomic mass is 32.2. The van der Waals surface area contributed by atoms with Crippen LogP contribution in [-0.2, 0) is 10.0 Å². The molecule has 0 amide bonds. The van der Waals surface area contributed by atoms with Crippen LogP contribution in [0, 0.1) is 0 Å². The number of nitrogens with one attached hydrogen (secondary N) is 2. The van der Waals surface area contributed by atoms with E-state index in [2.05, 4.69) is 20.0 Å². The number of hydrogen-bond donors (Lipinski definition) is 3. The predicted molar refractivity (Wildman–Crippen MR) is 68.9 cm³/mol. The number of nitrogens with zero attached hydrogens (tertiary/aromatic N) is 2. The number of aromatic nitrogens is 2. The van der Waals surface area contributed by atoms with Crippen LogP contribution in [0.1, 0.15) is 6.42 Å². The number of nitrogens with two attached hydrogens (primary N) is 1. The second-order valence-corrected chi connectivity index (χ2v) is 5.42.